The van der Waals surface area contributed by atoms with Gasteiger partial charge in [-0.3, -0.25) is 4.79 Å². The summed E-state index contributed by atoms with van der Waals surface area (Å²) in [4.78, 5) is 14.1. The Balaban J connectivity index is 1.46. The molecule has 0 aromatic heterocycles. The zero-order valence-corrected chi connectivity index (χ0v) is 14.7. The number of carbonyl (C=O) groups excluding carboxylic acids is 1. The van der Waals surface area contributed by atoms with Gasteiger partial charge in [0.1, 0.15) is 12.4 Å². The molecule has 6 nitrogen and oxygen atoms in total. The number of nitrogens with zero attached hydrogens (tertiary/aromatic N) is 1. The van der Waals surface area contributed by atoms with Gasteiger partial charge in [-0.1, -0.05) is 18.2 Å². The van der Waals surface area contributed by atoms with Gasteiger partial charge in [-0.15, -0.1) is 0 Å². The van der Waals surface area contributed by atoms with Crippen molar-refractivity contribution < 1.29 is 14.6 Å². The number of carbonyl (C=O) groups is 1. The van der Waals surface area contributed by atoms with E-state index in [0.29, 0.717) is 31.8 Å². The third-order valence-electron chi connectivity index (χ3n) is 4.82. The Morgan fingerprint density at radius 1 is 1.31 bits per heavy atom. The first kappa shape index (κ1) is 16.7. The van der Waals surface area contributed by atoms with E-state index in [1.165, 1.54) is 0 Å². The van der Waals surface area contributed by atoms with E-state index in [-0.39, 0.29) is 11.4 Å². The van der Waals surface area contributed by atoms with Crippen molar-refractivity contribution in [1.82, 2.24) is 4.90 Å². The fourth-order valence-electron chi connectivity index (χ4n) is 3.24. The molecule has 0 radical (unpaired) electrons. The molecule has 6 heteroatoms. The number of para-hydroxylation sites is 1. The number of nitrogens with one attached hydrogen (secondary N) is 2. The highest BCUT2D eigenvalue weighted by Crippen LogP contribution is 2.34. The topological polar surface area (TPSA) is 73.8 Å². The molecule has 2 aliphatic rings. The molecule has 3 N–H and O–H groups in total. The molecule has 2 aliphatic heterocycles. The number of hydrogen-bond donors (Lipinski definition) is 3. The van der Waals surface area contributed by atoms with E-state index in [1.807, 2.05) is 42.5 Å². The van der Waals surface area contributed by atoms with Crippen LogP contribution in [0.1, 0.15) is 17.3 Å². The van der Waals surface area contributed by atoms with Crippen molar-refractivity contribution in [3.63, 3.8) is 0 Å². The number of amides is 1. The SMILES string of the molecule is CC1(CNc2ccccc2)COc2ccc(C(=O)N3CC(O)C3)cc2N1. The average Bonchev–Trinajstić information content (AvgIpc) is 2.64. The lowest BCUT2D eigenvalue weighted by Gasteiger charge is -2.38. The maximum atomic E-state index is 12.5. The Labute approximate surface area is 152 Å². The van der Waals surface area contributed by atoms with Crippen molar-refractivity contribution in [2.75, 3.05) is 36.9 Å². The second-order valence-electron chi connectivity index (χ2n) is 7.27. The van der Waals surface area contributed by atoms with Crippen molar-refractivity contribution >= 4 is 17.3 Å². The molecule has 4 rings (SSSR count). The largest absolute Gasteiger partial charge is 0.489 e. The predicted octanol–water partition coefficient (Wildman–Crippen LogP) is 2.18. The van der Waals surface area contributed by atoms with Crippen LogP contribution in [-0.2, 0) is 0 Å². The minimum atomic E-state index is -0.398. The smallest absolute Gasteiger partial charge is 0.254 e. The summed E-state index contributed by atoms with van der Waals surface area (Å²) in [6, 6.07) is 15.5. The summed E-state index contributed by atoms with van der Waals surface area (Å²) in [5, 5.41) is 16.3. The van der Waals surface area contributed by atoms with Gasteiger partial charge in [0.15, 0.2) is 0 Å². The standard InChI is InChI=1S/C20H23N3O3/c1-20(12-21-15-5-3-2-4-6-15)13-26-18-8-7-14(9-17(18)22-20)19(25)23-10-16(24)11-23/h2-9,16,21-22,24H,10-13H2,1H3. The number of likely N-dealkylation sites (tertiary alicyclic amines) is 1. The second kappa shape index (κ2) is 6.53. The molecule has 26 heavy (non-hydrogen) atoms. The highest BCUT2D eigenvalue weighted by Gasteiger charge is 2.33. The van der Waals surface area contributed by atoms with Crippen molar-refractivity contribution in [2.45, 2.75) is 18.6 Å². The van der Waals surface area contributed by atoms with Crippen LogP contribution in [0.2, 0.25) is 0 Å². The Morgan fingerprint density at radius 2 is 2.08 bits per heavy atom. The van der Waals surface area contributed by atoms with Crippen LogP contribution in [0.5, 0.6) is 5.75 Å². The first-order chi connectivity index (χ1) is 12.5. The van der Waals surface area contributed by atoms with Gasteiger partial charge in [0.25, 0.3) is 5.91 Å². The zero-order valence-electron chi connectivity index (χ0n) is 14.7. The van der Waals surface area contributed by atoms with Crippen molar-refractivity contribution in [3.05, 3.63) is 54.1 Å². The summed E-state index contributed by atoms with van der Waals surface area (Å²) in [6.07, 6.45) is -0.398. The maximum absolute atomic E-state index is 12.5. The molecule has 1 fully saturated rings. The van der Waals surface area contributed by atoms with Crippen LogP contribution < -0.4 is 15.4 Å². The number of β-amino-alcohol motifs (C(OH)–C–C–N with tert-alkyl or cyclic N) is 1. The summed E-state index contributed by atoms with van der Waals surface area (Å²) < 4.78 is 5.91. The second-order valence-corrected chi connectivity index (χ2v) is 7.27. The van der Waals surface area contributed by atoms with Crippen LogP contribution in [0.3, 0.4) is 0 Å². The molecule has 0 aliphatic carbocycles. The van der Waals surface area contributed by atoms with Crippen molar-refractivity contribution in [2.24, 2.45) is 0 Å². The summed E-state index contributed by atoms with van der Waals surface area (Å²) in [5.74, 6) is 0.692. The molecule has 136 valence electrons. The van der Waals surface area contributed by atoms with Gasteiger partial charge in [-0.25, -0.2) is 0 Å². The van der Waals surface area contributed by atoms with Gasteiger partial charge < -0.3 is 25.4 Å². The van der Waals surface area contributed by atoms with Gasteiger partial charge >= 0.3 is 0 Å². The van der Waals surface area contributed by atoms with Gasteiger partial charge in [-0.2, -0.15) is 0 Å². The Kier molecular flexibility index (Phi) is 4.20. The fourth-order valence-corrected chi connectivity index (χ4v) is 3.24. The van der Waals surface area contributed by atoms with Crippen LogP contribution in [0.15, 0.2) is 48.5 Å². The highest BCUT2D eigenvalue weighted by molar-refractivity contribution is 5.96. The number of ether oxygens (including phenoxy) is 1. The predicted molar refractivity (Wildman–Crippen MR) is 101 cm³/mol. The van der Waals surface area contributed by atoms with E-state index in [0.717, 1.165) is 17.1 Å². The number of fused-ring (bicyclic) bond motifs is 1. The Morgan fingerprint density at radius 3 is 2.81 bits per heavy atom. The highest BCUT2D eigenvalue weighted by atomic mass is 16.5. The Bertz CT molecular complexity index is 805. The molecule has 2 aromatic carbocycles. The van der Waals surface area contributed by atoms with Gasteiger partial charge in [0.2, 0.25) is 0 Å². The molecule has 0 bridgehead atoms. The summed E-state index contributed by atoms with van der Waals surface area (Å²) in [5.41, 5.74) is 2.19. The number of aliphatic hydroxyl groups excluding tert-OH is 1. The van der Waals surface area contributed by atoms with Crippen LogP contribution in [0.25, 0.3) is 0 Å². The number of aliphatic hydroxyl groups is 1. The lowest BCUT2D eigenvalue weighted by Crippen LogP contribution is -2.53. The minimum absolute atomic E-state index is 0.0606. The number of rotatable bonds is 4. The molecule has 1 saturated heterocycles. The lowest BCUT2D eigenvalue weighted by atomic mass is 9.99. The number of benzene rings is 2. The summed E-state index contributed by atoms with van der Waals surface area (Å²) in [6.45, 7) is 4.11. The molecule has 1 atom stereocenters. The van der Waals surface area contributed by atoms with Crippen LogP contribution in [0.4, 0.5) is 11.4 Å². The normalized spacial score (nSPS) is 21.8. The molecule has 2 aromatic rings. The maximum Gasteiger partial charge on any atom is 0.254 e. The van der Waals surface area contributed by atoms with E-state index in [2.05, 4.69) is 17.6 Å². The van der Waals surface area contributed by atoms with E-state index in [9.17, 15) is 9.90 Å². The van der Waals surface area contributed by atoms with E-state index >= 15 is 0 Å². The van der Waals surface area contributed by atoms with E-state index in [4.69, 9.17) is 4.74 Å². The lowest BCUT2D eigenvalue weighted by molar-refractivity contribution is 0.00589. The number of anilines is 2. The van der Waals surface area contributed by atoms with E-state index < -0.39 is 6.10 Å². The average molecular weight is 353 g/mol. The van der Waals surface area contributed by atoms with Crippen molar-refractivity contribution in [3.8, 4) is 5.75 Å². The van der Waals surface area contributed by atoms with Crippen LogP contribution in [0, 0.1) is 0 Å². The summed E-state index contributed by atoms with van der Waals surface area (Å²) in [7, 11) is 0. The number of hydrogen-bond acceptors (Lipinski definition) is 5. The van der Waals surface area contributed by atoms with Gasteiger partial charge in [-0.05, 0) is 37.3 Å². The molecule has 0 saturated carbocycles. The minimum Gasteiger partial charge on any atom is -0.489 e. The van der Waals surface area contributed by atoms with E-state index in [1.54, 1.807) is 11.0 Å². The summed E-state index contributed by atoms with van der Waals surface area (Å²) >= 11 is 0. The zero-order chi connectivity index (χ0) is 18.1. The van der Waals surface area contributed by atoms with Crippen LogP contribution in [-0.4, -0.2) is 53.8 Å². The monoisotopic (exact) mass is 353 g/mol. The molecule has 2 heterocycles. The third-order valence-corrected chi connectivity index (χ3v) is 4.82. The molecular weight excluding hydrogens is 330 g/mol. The molecular formula is C20H23N3O3. The molecule has 0 spiro atoms. The van der Waals surface area contributed by atoms with Crippen molar-refractivity contribution in [1.29, 1.82) is 0 Å². The molecule has 1 unspecified atom stereocenters. The van der Waals surface area contributed by atoms with Gasteiger partial charge in [0, 0.05) is 30.9 Å². The first-order valence-electron chi connectivity index (χ1n) is 8.84. The first-order valence-corrected chi connectivity index (χ1v) is 8.84. The fraction of sp³-hybridized carbons (Fsp3) is 0.350. The van der Waals surface area contributed by atoms with Crippen LogP contribution >= 0.6 is 0 Å². The molecule has 1 amide bonds. The Hall–Kier alpha value is -2.73. The third kappa shape index (κ3) is 3.32. The quantitative estimate of drug-likeness (QED) is 0.786. The van der Waals surface area contributed by atoms with Gasteiger partial charge in [0.05, 0.1) is 17.3 Å².